The zero-order valence-electron chi connectivity index (χ0n) is 13.6. The first-order valence-corrected chi connectivity index (χ1v) is 7.81. The molecule has 4 rings (SSSR count). The van der Waals surface area contributed by atoms with Crippen LogP contribution in [0.1, 0.15) is 11.3 Å². The highest BCUT2D eigenvalue weighted by Crippen LogP contribution is 2.25. The van der Waals surface area contributed by atoms with Crippen molar-refractivity contribution >= 4 is 17.3 Å². The van der Waals surface area contributed by atoms with Crippen LogP contribution in [0, 0.1) is 13.8 Å². The molecule has 3 aromatic heterocycles. The average molecular weight is 315 g/mol. The van der Waals surface area contributed by atoms with Crippen molar-refractivity contribution in [1.29, 1.82) is 0 Å². The van der Waals surface area contributed by atoms with Crippen LogP contribution in [0.3, 0.4) is 0 Å². The first-order chi connectivity index (χ1) is 11.7. The lowest BCUT2D eigenvalue weighted by molar-refractivity contribution is 0.966. The fraction of sp³-hybridized carbons (Fsp3) is 0.105. The van der Waals surface area contributed by atoms with Gasteiger partial charge in [0, 0.05) is 29.3 Å². The van der Waals surface area contributed by atoms with E-state index in [2.05, 4.69) is 57.6 Å². The molecule has 1 N–H and O–H groups in total. The first kappa shape index (κ1) is 14.4. The Hall–Kier alpha value is -3.21. The Labute approximate surface area is 140 Å². The predicted molar refractivity (Wildman–Crippen MR) is 95.4 cm³/mol. The summed E-state index contributed by atoms with van der Waals surface area (Å²) in [5, 5.41) is 7.76. The Balaban J connectivity index is 1.77. The maximum absolute atomic E-state index is 4.66. The molecule has 5 nitrogen and oxygen atoms in total. The number of aryl methyl sites for hydroxylation is 2. The van der Waals surface area contributed by atoms with Crippen molar-refractivity contribution in [3.05, 3.63) is 72.2 Å². The summed E-state index contributed by atoms with van der Waals surface area (Å²) in [6.45, 7) is 4.05. The second kappa shape index (κ2) is 5.77. The molecule has 0 aliphatic rings. The minimum atomic E-state index is 0.570. The molecular weight excluding hydrogens is 298 g/mol. The van der Waals surface area contributed by atoms with Gasteiger partial charge in [-0.15, -0.1) is 5.10 Å². The molecule has 0 fully saturated rings. The van der Waals surface area contributed by atoms with Crippen molar-refractivity contribution in [2.24, 2.45) is 0 Å². The number of aromatic nitrogens is 4. The summed E-state index contributed by atoms with van der Waals surface area (Å²) in [6, 6.07) is 16.3. The number of nitrogens with one attached hydrogen (secondary N) is 1. The molecular formula is C19H17N5. The van der Waals surface area contributed by atoms with Gasteiger partial charge in [-0.3, -0.25) is 4.98 Å². The van der Waals surface area contributed by atoms with E-state index in [1.807, 2.05) is 31.3 Å². The van der Waals surface area contributed by atoms with Crippen LogP contribution in [-0.2, 0) is 0 Å². The van der Waals surface area contributed by atoms with Gasteiger partial charge in [0.05, 0.1) is 0 Å². The maximum Gasteiger partial charge on any atom is 0.247 e. The van der Waals surface area contributed by atoms with E-state index in [1.165, 1.54) is 5.56 Å². The minimum absolute atomic E-state index is 0.570. The Bertz CT molecular complexity index is 1020. The molecule has 0 radical (unpaired) electrons. The minimum Gasteiger partial charge on any atom is -0.323 e. The van der Waals surface area contributed by atoms with Crippen molar-refractivity contribution in [3.8, 4) is 11.1 Å². The van der Waals surface area contributed by atoms with Crippen LogP contribution in [0.25, 0.3) is 16.8 Å². The number of benzene rings is 1. The van der Waals surface area contributed by atoms with Crippen LogP contribution in [0.15, 0.2) is 60.9 Å². The van der Waals surface area contributed by atoms with Gasteiger partial charge in [0.15, 0.2) is 5.65 Å². The molecule has 0 aliphatic heterocycles. The topological polar surface area (TPSA) is 55.1 Å². The van der Waals surface area contributed by atoms with E-state index in [-0.39, 0.29) is 0 Å². The van der Waals surface area contributed by atoms with Crippen LogP contribution in [0.2, 0.25) is 0 Å². The Kier molecular flexibility index (Phi) is 3.46. The van der Waals surface area contributed by atoms with Gasteiger partial charge < -0.3 is 5.32 Å². The standard InChI is InChI=1S/C19H17N5/c1-13-5-3-6-15(11-13)17-7-4-10-24-18(17)22-19(23-24)21-16-8-9-20-14(2)12-16/h3-12H,1-2H3,(H,20,21,23). The summed E-state index contributed by atoms with van der Waals surface area (Å²) in [6.07, 6.45) is 3.68. The van der Waals surface area contributed by atoms with E-state index in [0.29, 0.717) is 5.95 Å². The molecule has 0 bridgehead atoms. The van der Waals surface area contributed by atoms with Gasteiger partial charge in [-0.1, -0.05) is 29.8 Å². The molecule has 118 valence electrons. The fourth-order valence-corrected chi connectivity index (χ4v) is 2.75. The monoisotopic (exact) mass is 315 g/mol. The summed E-state index contributed by atoms with van der Waals surface area (Å²) >= 11 is 0. The van der Waals surface area contributed by atoms with Crippen LogP contribution < -0.4 is 5.32 Å². The first-order valence-electron chi connectivity index (χ1n) is 7.81. The van der Waals surface area contributed by atoms with Crippen molar-refractivity contribution in [2.75, 3.05) is 5.32 Å². The summed E-state index contributed by atoms with van der Waals surface area (Å²) in [4.78, 5) is 8.86. The molecule has 0 atom stereocenters. The van der Waals surface area contributed by atoms with Gasteiger partial charge in [0.1, 0.15) is 0 Å². The third-order valence-electron chi connectivity index (χ3n) is 3.84. The zero-order valence-corrected chi connectivity index (χ0v) is 13.6. The van der Waals surface area contributed by atoms with Gasteiger partial charge in [-0.25, -0.2) is 4.52 Å². The van der Waals surface area contributed by atoms with Gasteiger partial charge in [0.25, 0.3) is 0 Å². The second-order valence-electron chi connectivity index (χ2n) is 5.81. The molecule has 0 spiro atoms. The quantitative estimate of drug-likeness (QED) is 0.617. The summed E-state index contributed by atoms with van der Waals surface area (Å²) in [7, 11) is 0. The van der Waals surface area contributed by atoms with E-state index in [9.17, 15) is 0 Å². The number of pyridine rings is 2. The largest absolute Gasteiger partial charge is 0.323 e. The lowest BCUT2D eigenvalue weighted by Gasteiger charge is -2.03. The Morgan fingerprint density at radius 3 is 2.75 bits per heavy atom. The molecule has 0 saturated carbocycles. The summed E-state index contributed by atoms with van der Waals surface area (Å²) < 4.78 is 1.80. The molecule has 24 heavy (non-hydrogen) atoms. The van der Waals surface area contributed by atoms with E-state index in [4.69, 9.17) is 0 Å². The van der Waals surface area contributed by atoms with Crippen LogP contribution in [-0.4, -0.2) is 19.6 Å². The highest BCUT2D eigenvalue weighted by molar-refractivity contribution is 5.78. The smallest absolute Gasteiger partial charge is 0.247 e. The average Bonchev–Trinajstić information content (AvgIpc) is 2.97. The van der Waals surface area contributed by atoms with E-state index < -0.39 is 0 Å². The normalized spacial score (nSPS) is 10.9. The number of rotatable bonds is 3. The highest BCUT2D eigenvalue weighted by atomic mass is 15.3. The van der Waals surface area contributed by atoms with Crippen LogP contribution in [0.4, 0.5) is 11.6 Å². The number of hydrogen-bond acceptors (Lipinski definition) is 4. The molecule has 0 unspecified atom stereocenters. The van der Waals surface area contributed by atoms with E-state index >= 15 is 0 Å². The van der Waals surface area contributed by atoms with Crippen molar-refractivity contribution < 1.29 is 0 Å². The van der Waals surface area contributed by atoms with Crippen LogP contribution in [0.5, 0.6) is 0 Å². The lowest BCUT2D eigenvalue weighted by atomic mass is 10.1. The molecule has 0 saturated heterocycles. The summed E-state index contributed by atoms with van der Waals surface area (Å²) in [5.41, 5.74) is 6.13. The number of hydrogen-bond donors (Lipinski definition) is 1. The molecule has 3 heterocycles. The van der Waals surface area contributed by atoms with Gasteiger partial charge in [-0.2, -0.15) is 4.98 Å². The van der Waals surface area contributed by atoms with Crippen molar-refractivity contribution in [2.45, 2.75) is 13.8 Å². The number of anilines is 2. The SMILES string of the molecule is Cc1cccc(-c2cccn3nc(Nc4ccnc(C)c4)nc23)c1. The molecule has 5 heteroatoms. The maximum atomic E-state index is 4.66. The Morgan fingerprint density at radius 1 is 1.00 bits per heavy atom. The van der Waals surface area contributed by atoms with Gasteiger partial charge in [0.2, 0.25) is 5.95 Å². The number of fused-ring (bicyclic) bond motifs is 1. The van der Waals surface area contributed by atoms with Crippen LogP contribution >= 0.6 is 0 Å². The third kappa shape index (κ3) is 2.72. The van der Waals surface area contributed by atoms with Gasteiger partial charge >= 0.3 is 0 Å². The predicted octanol–water partition coefficient (Wildman–Crippen LogP) is 4.15. The van der Waals surface area contributed by atoms with Crippen molar-refractivity contribution in [1.82, 2.24) is 19.6 Å². The molecule has 4 aromatic rings. The third-order valence-corrected chi connectivity index (χ3v) is 3.84. The highest BCUT2D eigenvalue weighted by Gasteiger charge is 2.10. The lowest BCUT2D eigenvalue weighted by Crippen LogP contribution is -1.94. The Morgan fingerprint density at radius 2 is 1.92 bits per heavy atom. The molecule has 1 aromatic carbocycles. The summed E-state index contributed by atoms with van der Waals surface area (Å²) in [5.74, 6) is 0.570. The second-order valence-corrected chi connectivity index (χ2v) is 5.81. The van der Waals surface area contributed by atoms with Gasteiger partial charge in [-0.05, 0) is 43.7 Å². The fourth-order valence-electron chi connectivity index (χ4n) is 2.75. The molecule has 0 aliphatic carbocycles. The zero-order chi connectivity index (χ0) is 16.5. The van der Waals surface area contributed by atoms with Crippen molar-refractivity contribution in [3.63, 3.8) is 0 Å². The number of nitrogens with zero attached hydrogens (tertiary/aromatic N) is 4. The molecule has 0 amide bonds. The van der Waals surface area contributed by atoms with E-state index in [0.717, 1.165) is 28.2 Å². The van der Waals surface area contributed by atoms with E-state index in [1.54, 1.807) is 10.7 Å².